The molecule has 0 aromatic heterocycles. The molecule has 2 nitrogen and oxygen atoms in total. The zero-order valence-corrected chi connectivity index (χ0v) is 22.6. The quantitative estimate of drug-likeness (QED) is 0.212. The fraction of sp³-hybridized carbons (Fsp3) is 0.515. The number of allylic oxidation sites excluding steroid dienone is 4. The Balaban J connectivity index is 1.48. The van der Waals surface area contributed by atoms with E-state index >= 15 is 0 Å². The van der Waals surface area contributed by atoms with Gasteiger partial charge >= 0.3 is 0 Å². The van der Waals surface area contributed by atoms with Crippen molar-refractivity contribution in [2.75, 3.05) is 26.2 Å². The van der Waals surface area contributed by atoms with Gasteiger partial charge in [-0.3, -0.25) is 4.90 Å². The Bertz CT molecular complexity index is 996. The second-order valence-corrected chi connectivity index (χ2v) is 11.0. The van der Waals surface area contributed by atoms with Gasteiger partial charge in [0.2, 0.25) is 0 Å². The zero-order valence-electron chi connectivity index (χ0n) is 22.6. The summed E-state index contributed by atoms with van der Waals surface area (Å²) in [5.41, 5.74) is 3.90. The van der Waals surface area contributed by atoms with Crippen molar-refractivity contribution in [2.24, 2.45) is 11.8 Å². The first kappa shape index (κ1) is 27.7. The monoisotopic (exact) mass is 507 g/mol. The van der Waals surface area contributed by atoms with Gasteiger partial charge in [0.1, 0.15) is 11.6 Å². The van der Waals surface area contributed by atoms with Crippen LogP contribution in [0.25, 0.3) is 0 Å². The van der Waals surface area contributed by atoms with E-state index in [2.05, 4.69) is 61.3 Å². The van der Waals surface area contributed by atoms with Gasteiger partial charge in [-0.15, -0.1) is 0 Å². The number of nitrogens with zero attached hydrogens (tertiary/aromatic N) is 1. The molecule has 0 spiro atoms. The topological polar surface area (TPSA) is 12.5 Å². The highest BCUT2D eigenvalue weighted by Gasteiger charge is 2.25. The van der Waals surface area contributed by atoms with Crippen LogP contribution >= 0.6 is 0 Å². The third-order valence-corrected chi connectivity index (χ3v) is 8.03. The second kappa shape index (κ2) is 14.0. The van der Waals surface area contributed by atoms with E-state index in [1.165, 1.54) is 60.6 Å². The lowest BCUT2D eigenvalue weighted by atomic mass is 9.90. The lowest BCUT2D eigenvalue weighted by Gasteiger charge is -2.35. The Morgan fingerprint density at radius 2 is 1.41 bits per heavy atom. The van der Waals surface area contributed by atoms with E-state index in [9.17, 15) is 8.78 Å². The first-order valence-electron chi connectivity index (χ1n) is 14.1. The first-order valence-corrected chi connectivity index (χ1v) is 14.1. The first-order chi connectivity index (χ1) is 18.0. The van der Waals surface area contributed by atoms with E-state index in [1.54, 1.807) is 0 Å². The molecule has 3 unspecified atom stereocenters. The Labute approximate surface area is 222 Å². The number of hydrogen-bond acceptors (Lipinski definition) is 2. The fourth-order valence-corrected chi connectivity index (χ4v) is 6.04. The molecule has 0 N–H and O–H groups in total. The molecule has 3 atom stereocenters. The number of benzene rings is 2. The normalized spacial score (nSPS) is 20.5. The smallest absolute Gasteiger partial charge is 0.129 e. The van der Waals surface area contributed by atoms with Crippen LogP contribution in [0.4, 0.5) is 8.78 Å². The summed E-state index contributed by atoms with van der Waals surface area (Å²) in [6.45, 7) is 7.83. The minimum absolute atomic E-state index is 0.0649. The van der Waals surface area contributed by atoms with Crippen LogP contribution in [-0.2, 0) is 11.2 Å². The van der Waals surface area contributed by atoms with Gasteiger partial charge in [-0.25, -0.2) is 8.78 Å². The predicted octanol–water partition coefficient (Wildman–Crippen LogP) is 8.29. The van der Waals surface area contributed by atoms with Crippen molar-refractivity contribution in [1.82, 2.24) is 4.90 Å². The van der Waals surface area contributed by atoms with E-state index in [4.69, 9.17) is 4.74 Å². The van der Waals surface area contributed by atoms with Crippen LogP contribution in [0.1, 0.15) is 73.3 Å². The Hall–Kier alpha value is -2.30. The van der Waals surface area contributed by atoms with Crippen molar-refractivity contribution in [3.8, 4) is 0 Å². The Morgan fingerprint density at radius 1 is 0.838 bits per heavy atom. The van der Waals surface area contributed by atoms with Gasteiger partial charge in [-0.1, -0.05) is 48.6 Å². The van der Waals surface area contributed by atoms with Crippen LogP contribution < -0.4 is 0 Å². The standard InChI is InChI=1S/C33H43F2NO/c1-25-12-9-13-26(2)33(25)32(37-21-11-18-29-30(34)19-10-20-31(29)35)24-36(22-27-14-5-3-6-15-27)23-28-16-7-4-8-17-28/h3-5,7,9-10,12-13,19-20,27-28,32H,6,8,11,14-18,21-24H2,1-2H3. The third kappa shape index (κ3) is 8.09. The molecule has 2 aliphatic carbocycles. The van der Waals surface area contributed by atoms with Gasteiger partial charge in [0.25, 0.3) is 0 Å². The van der Waals surface area contributed by atoms with E-state index in [0.29, 0.717) is 31.3 Å². The van der Waals surface area contributed by atoms with E-state index in [1.807, 2.05) is 0 Å². The van der Waals surface area contributed by atoms with Gasteiger partial charge < -0.3 is 4.74 Å². The molecule has 2 aliphatic rings. The molecule has 2 aromatic rings. The maximum absolute atomic E-state index is 14.1. The van der Waals surface area contributed by atoms with Crippen LogP contribution in [0.5, 0.6) is 0 Å². The summed E-state index contributed by atoms with van der Waals surface area (Å²) in [7, 11) is 0. The lowest BCUT2D eigenvalue weighted by molar-refractivity contribution is 0.0148. The molecule has 200 valence electrons. The molecule has 0 aliphatic heterocycles. The number of aryl methyl sites for hydroxylation is 2. The van der Waals surface area contributed by atoms with Crippen LogP contribution in [0.2, 0.25) is 0 Å². The summed E-state index contributed by atoms with van der Waals surface area (Å²) in [6, 6.07) is 10.5. The highest BCUT2D eigenvalue weighted by Crippen LogP contribution is 2.30. The van der Waals surface area contributed by atoms with E-state index in [0.717, 1.165) is 32.5 Å². The number of ether oxygens (including phenoxy) is 1. The summed E-state index contributed by atoms with van der Waals surface area (Å²) in [6.07, 6.45) is 17.3. The van der Waals surface area contributed by atoms with Gasteiger partial charge in [0.05, 0.1) is 6.10 Å². The molecule has 0 amide bonds. The lowest BCUT2D eigenvalue weighted by Crippen LogP contribution is -2.38. The second-order valence-electron chi connectivity index (χ2n) is 11.0. The highest BCUT2D eigenvalue weighted by atomic mass is 19.1. The average Bonchev–Trinajstić information content (AvgIpc) is 2.89. The summed E-state index contributed by atoms with van der Waals surface area (Å²) in [5, 5.41) is 0. The largest absolute Gasteiger partial charge is 0.372 e. The number of halogens is 2. The average molecular weight is 508 g/mol. The van der Waals surface area contributed by atoms with Crippen molar-refractivity contribution in [2.45, 2.75) is 71.3 Å². The van der Waals surface area contributed by atoms with Crippen LogP contribution in [-0.4, -0.2) is 31.1 Å². The molecule has 0 radical (unpaired) electrons. The summed E-state index contributed by atoms with van der Waals surface area (Å²) < 4.78 is 34.8. The van der Waals surface area contributed by atoms with Crippen molar-refractivity contribution in [3.63, 3.8) is 0 Å². The zero-order chi connectivity index (χ0) is 26.0. The van der Waals surface area contributed by atoms with Crippen molar-refractivity contribution < 1.29 is 13.5 Å². The van der Waals surface area contributed by atoms with Crippen LogP contribution in [0.3, 0.4) is 0 Å². The van der Waals surface area contributed by atoms with Crippen molar-refractivity contribution >= 4 is 0 Å². The van der Waals surface area contributed by atoms with Crippen LogP contribution in [0.15, 0.2) is 60.7 Å². The van der Waals surface area contributed by atoms with Crippen molar-refractivity contribution in [1.29, 1.82) is 0 Å². The Kier molecular flexibility index (Phi) is 10.5. The molecule has 2 aromatic carbocycles. The Morgan fingerprint density at radius 3 is 1.95 bits per heavy atom. The van der Waals surface area contributed by atoms with Crippen molar-refractivity contribution in [3.05, 3.63) is 94.6 Å². The fourth-order valence-electron chi connectivity index (χ4n) is 6.04. The van der Waals surface area contributed by atoms with E-state index in [-0.39, 0.29) is 11.7 Å². The maximum Gasteiger partial charge on any atom is 0.129 e. The molecule has 4 rings (SSSR count). The molecule has 0 bridgehead atoms. The van der Waals surface area contributed by atoms with Gasteiger partial charge in [0.15, 0.2) is 0 Å². The minimum atomic E-state index is -0.472. The molecule has 0 saturated carbocycles. The summed E-state index contributed by atoms with van der Waals surface area (Å²) >= 11 is 0. The summed E-state index contributed by atoms with van der Waals surface area (Å²) in [5.74, 6) is 0.430. The summed E-state index contributed by atoms with van der Waals surface area (Å²) in [4.78, 5) is 2.65. The van der Waals surface area contributed by atoms with Crippen LogP contribution in [0, 0.1) is 37.3 Å². The molecular weight excluding hydrogens is 464 g/mol. The maximum atomic E-state index is 14.1. The number of rotatable bonds is 12. The molecule has 37 heavy (non-hydrogen) atoms. The predicted molar refractivity (Wildman–Crippen MR) is 149 cm³/mol. The molecular formula is C33H43F2NO. The van der Waals surface area contributed by atoms with Gasteiger partial charge in [-0.2, -0.15) is 0 Å². The molecule has 0 heterocycles. The SMILES string of the molecule is Cc1cccc(C)c1C(CN(CC1CC=CCC1)CC1CC=CCC1)OCCCc1c(F)cccc1F. The molecule has 0 fully saturated rings. The highest BCUT2D eigenvalue weighted by molar-refractivity contribution is 5.35. The van der Waals surface area contributed by atoms with Gasteiger partial charge in [0, 0.05) is 31.8 Å². The van der Waals surface area contributed by atoms with E-state index < -0.39 is 11.6 Å². The molecule has 0 saturated heterocycles. The molecule has 4 heteroatoms. The minimum Gasteiger partial charge on any atom is -0.372 e. The van der Waals surface area contributed by atoms with Gasteiger partial charge in [-0.05, 0) is 106 Å². The third-order valence-electron chi connectivity index (χ3n) is 8.03. The number of hydrogen-bond donors (Lipinski definition) is 0.